The molecule has 0 aliphatic carbocycles. The van der Waals surface area contributed by atoms with Gasteiger partial charge in [-0.05, 0) is 46.1 Å². The van der Waals surface area contributed by atoms with E-state index >= 15 is 0 Å². The van der Waals surface area contributed by atoms with E-state index in [4.69, 9.17) is 16.3 Å². The van der Waals surface area contributed by atoms with Crippen LogP contribution in [0.2, 0.25) is 5.02 Å². The maximum Gasteiger partial charge on any atom is 0.294 e. The molecule has 3 aromatic rings. The van der Waals surface area contributed by atoms with E-state index in [0.29, 0.717) is 5.69 Å². The minimum absolute atomic E-state index is 0.00935. The molecule has 1 saturated heterocycles. The molecule has 1 aromatic heterocycles. The number of aliphatic hydroxyl groups is 1. The molecule has 2 aromatic carbocycles. The number of likely N-dealkylation sites (N-methyl/N-ethyl adjacent to an activating group) is 1. The van der Waals surface area contributed by atoms with Crippen molar-refractivity contribution in [3.8, 4) is 5.75 Å². The van der Waals surface area contributed by atoms with Crippen LogP contribution < -0.4 is 20.3 Å². The van der Waals surface area contributed by atoms with Crippen LogP contribution in [0.4, 0.5) is 47.7 Å². The van der Waals surface area contributed by atoms with Gasteiger partial charge in [-0.25, -0.2) is 18.2 Å². The van der Waals surface area contributed by atoms with Crippen LogP contribution in [-0.2, 0) is 5.60 Å². The molecule has 0 radical (unpaired) electrons. The SMILES string of the molecule is COc1cc(N2CC(F)(F)C[C@@H]2CN(C)C)c([N+](=O)[O-])cc1Nc1nccc(Nc2cc(Cl)c(F)cc2C(C)(C)O)n1. The van der Waals surface area contributed by atoms with Crippen LogP contribution in [0.3, 0.4) is 0 Å². The first-order chi connectivity index (χ1) is 19.6. The molecule has 1 aliphatic rings. The van der Waals surface area contributed by atoms with E-state index in [0.717, 1.165) is 6.07 Å². The summed E-state index contributed by atoms with van der Waals surface area (Å²) in [6, 6.07) is 5.83. The zero-order valence-corrected chi connectivity index (χ0v) is 24.3. The van der Waals surface area contributed by atoms with Gasteiger partial charge in [-0.2, -0.15) is 4.98 Å². The van der Waals surface area contributed by atoms with Crippen molar-refractivity contribution < 1.29 is 27.9 Å². The van der Waals surface area contributed by atoms with Crippen molar-refractivity contribution in [3.63, 3.8) is 0 Å². The molecule has 4 rings (SSSR count). The van der Waals surface area contributed by atoms with Gasteiger partial charge >= 0.3 is 0 Å². The molecule has 1 fully saturated rings. The summed E-state index contributed by atoms with van der Waals surface area (Å²) in [5.74, 6) is -3.33. The van der Waals surface area contributed by atoms with Crippen LogP contribution in [0.5, 0.6) is 5.75 Å². The lowest BCUT2D eigenvalue weighted by Crippen LogP contribution is -2.38. The summed E-state index contributed by atoms with van der Waals surface area (Å²) >= 11 is 5.97. The molecule has 0 unspecified atom stereocenters. The van der Waals surface area contributed by atoms with E-state index in [1.54, 1.807) is 19.0 Å². The highest BCUT2D eigenvalue weighted by Gasteiger charge is 2.47. The molecule has 0 bridgehead atoms. The number of halogens is 4. The zero-order chi connectivity index (χ0) is 31.0. The highest BCUT2D eigenvalue weighted by Crippen LogP contribution is 2.44. The number of aromatic nitrogens is 2. The third kappa shape index (κ3) is 6.94. The van der Waals surface area contributed by atoms with Crippen LogP contribution in [0.1, 0.15) is 25.8 Å². The molecule has 226 valence electrons. The van der Waals surface area contributed by atoms with Gasteiger partial charge in [0.25, 0.3) is 11.6 Å². The van der Waals surface area contributed by atoms with Crippen molar-refractivity contribution in [1.29, 1.82) is 0 Å². The summed E-state index contributed by atoms with van der Waals surface area (Å²) in [6.07, 6.45) is 0.965. The van der Waals surface area contributed by atoms with Gasteiger partial charge in [0, 0.05) is 48.6 Å². The van der Waals surface area contributed by atoms with E-state index in [1.807, 2.05) is 0 Å². The van der Waals surface area contributed by atoms with Crippen LogP contribution in [0.25, 0.3) is 0 Å². The van der Waals surface area contributed by atoms with Gasteiger partial charge in [0.1, 0.15) is 23.1 Å². The Morgan fingerprint density at radius 3 is 2.60 bits per heavy atom. The number of nitro benzene ring substituents is 1. The molecule has 11 nitrogen and oxygen atoms in total. The third-order valence-electron chi connectivity index (χ3n) is 6.64. The molecular weight excluding hydrogens is 579 g/mol. The van der Waals surface area contributed by atoms with Crippen LogP contribution in [-0.4, -0.2) is 71.2 Å². The van der Waals surface area contributed by atoms with Gasteiger partial charge in [0.15, 0.2) is 0 Å². The summed E-state index contributed by atoms with van der Waals surface area (Å²) < 4.78 is 48.5. The van der Waals surface area contributed by atoms with Gasteiger partial charge in [-0.1, -0.05) is 11.6 Å². The number of rotatable bonds is 10. The number of alkyl halides is 2. The summed E-state index contributed by atoms with van der Waals surface area (Å²) in [5.41, 5.74) is -1.15. The maximum atomic E-state index is 14.5. The molecule has 2 heterocycles. The lowest BCUT2D eigenvalue weighted by atomic mass is 9.96. The highest BCUT2D eigenvalue weighted by atomic mass is 35.5. The summed E-state index contributed by atoms with van der Waals surface area (Å²) in [7, 11) is 4.84. The van der Waals surface area contributed by atoms with Crippen molar-refractivity contribution >= 4 is 46.1 Å². The second-order valence-corrected chi connectivity index (χ2v) is 11.2. The Balaban J connectivity index is 1.68. The van der Waals surface area contributed by atoms with E-state index in [-0.39, 0.29) is 46.0 Å². The minimum atomic E-state index is -3.01. The Morgan fingerprint density at radius 2 is 1.98 bits per heavy atom. The van der Waals surface area contributed by atoms with Gasteiger partial charge < -0.3 is 30.3 Å². The van der Waals surface area contributed by atoms with Gasteiger partial charge in [-0.15, -0.1) is 0 Å². The van der Waals surface area contributed by atoms with Gasteiger partial charge in [-0.3, -0.25) is 10.1 Å². The van der Waals surface area contributed by atoms with Crippen molar-refractivity contribution in [2.75, 3.05) is 49.8 Å². The Bertz CT molecular complexity index is 1490. The second kappa shape index (κ2) is 11.8. The number of hydrogen-bond acceptors (Lipinski definition) is 10. The fourth-order valence-corrected chi connectivity index (χ4v) is 5.03. The van der Waals surface area contributed by atoms with Crippen LogP contribution in [0.15, 0.2) is 36.5 Å². The summed E-state index contributed by atoms with van der Waals surface area (Å²) in [6.45, 7) is 2.58. The average Bonchev–Trinajstić information content (AvgIpc) is 3.18. The fourth-order valence-electron chi connectivity index (χ4n) is 4.87. The molecule has 42 heavy (non-hydrogen) atoms. The highest BCUT2D eigenvalue weighted by molar-refractivity contribution is 6.31. The fraction of sp³-hybridized carbons (Fsp3) is 0.407. The van der Waals surface area contributed by atoms with Crippen molar-refractivity contribution in [2.24, 2.45) is 0 Å². The van der Waals surface area contributed by atoms with Crippen LogP contribution >= 0.6 is 11.6 Å². The monoisotopic (exact) mass is 609 g/mol. The number of nitro groups is 1. The van der Waals surface area contributed by atoms with Crippen molar-refractivity contribution in [1.82, 2.24) is 14.9 Å². The normalized spacial score (nSPS) is 16.5. The molecule has 1 atom stereocenters. The summed E-state index contributed by atoms with van der Waals surface area (Å²) in [4.78, 5) is 23.1. The maximum absolute atomic E-state index is 14.5. The predicted octanol–water partition coefficient (Wildman–Crippen LogP) is 5.68. The average molecular weight is 610 g/mol. The number of anilines is 5. The summed E-state index contributed by atoms with van der Waals surface area (Å²) in [5, 5.41) is 28.3. The van der Waals surface area contributed by atoms with Crippen LogP contribution in [0, 0.1) is 15.9 Å². The quantitative estimate of drug-likeness (QED) is 0.195. The third-order valence-corrected chi connectivity index (χ3v) is 6.93. The Hall–Kier alpha value is -3.88. The van der Waals surface area contributed by atoms with Gasteiger partial charge in [0.05, 0.1) is 34.9 Å². The molecule has 0 saturated carbocycles. The molecule has 3 N–H and O–H groups in total. The molecule has 15 heteroatoms. The van der Waals surface area contributed by atoms with E-state index in [9.17, 15) is 28.4 Å². The number of nitrogens with one attached hydrogen (secondary N) is 2. The van der Waals surface area contributed by atoms with Crippen molar-refractivity contribution in [3.05, 3.63) is 63.0 Å². The van der Waals surface area contributed by atoms with E-state index in [2.05, 4.69) is 20.6 Å². The zero-order valence-electron chi connectivity index (χ0n) is 23.6. The number of benzene rings is 2. The first-order valence-corrected chi connectivity index (χ1v) is 13.2. The Kier molecular flexibility index (Phi) is 8.71. The standard InChI is InChI=1S/C27H31ClF3N7O4/c1-26(2,39)16-8-18(29)17(28)9-19(16)33-24-6-7-32-25(35-24)34-20-10-22(38(40)41)21(11-23(20)42-5)37-14-27(30,31)12-15(37)13-36(3)4/h6-11,15,39H,12-14H2,1-5H3,(H2,32,33,34,35)/t15-/m1/s1. The van der Waals surface area contributed by atoms with E-state index < -0.39 is 47.0 Å². The predicted molar refractivity (Wildman–Crippen MR) is 154 cm³/mol. The first kappa shape index (κ1) is 31.1. The smallest absolute Gasteiger partial charge is 0.294 e. The number of hydrogen-bond donors (Lipinski definition) is 3. The molecule has 0 spiro atoms. The largest absolute Gasteiger partial charge is 0.494 e. The second-order valence-electron chi connectivity index (χ2n) is 10.8. The molecular formula is C27H31ClF3N7O4. The topological polar surface area (TPSA) is 129 Å². The Labute approximate surface area is 245 Å². The van der Waals surface area contributed by atoms with E-state index in [1.165, 1.54) is 56.3 Å². The molecule has 0 amide bonds. The van der Waals surface area contributed by atoms with Gasteiger partial charge in [0.2, 0.25) is 5.95 Å². The molecule has 1 aliphatic heterocycles. The number of nitrogens with zero attached hydrogens (tertiary/aromatic N) is 5. The van der Waals surface area contributed by atoms with Crippen molar-refractivity contribution in [2.45, 2.75) is 37.8 Å². The first-order valence-electron chi connectivity index (χ1n) is 12.8. The number of ether oxygens (including phenoxy) is 1. The minimum Gasteiger partial charge on any atom is -0.494 e. The Morgan fingerprint density at radius 1 is 1.26 bits per heavy atom. The lowest BCUT2D eigenvalue weighted by Gasteiger charge is -2.28. The lowest BCUT2D eigenvalue weighted by molar-refractivity contribution is -0.384. The number of methoxy groups -OCH3 is 1.